The van der Waals surface area contributed by atoms with Crippen LogP contribution in [-0.2, 0) is 17.9 Å². The van der Waals surface area contributed by atoms with Gasteiger partial charge in [0.2, 0.25) is 5.91 Å². The lowest BCUT2D eigenvalue weighted by Gasteiger charge is -2.23. The highest BCUT2D eigenvalue weighted by Gasteiger charge is 2.22. The van der Waals surface area contributed by atoms with Gasteiger partial charge in [-0.2, -0.15) is 0 Å². The molecule has 0 spiro atoms. The van der Waals surface area contributed by atoms with Crippen molar-refractivity contribution >= 4 is 17.5 Å². The van der Waals surface area contributed by atoms with Crippen molar-refractivity contribution in [3.8, 4) is 11.5 Å². The Morgan fingerprint density at radius 3 is 2.57 bits per heavy atom. The third-order valence-electron chi connectivity index (χ3n) is 5.10. The molecular weight excluding hydrogens is 376 g/mol. The lowest BCUT2D eigenvalue weighted by atomic mass is 10.1. The van der Waals surface area contributed by atoms with Gasteiger partial charge >= 0.3 is 0 Å². The molecule has 150 valence electrons. The van der Waals surface area contributed by atoms with E-state index in [4.69, 9.17) is 21.1 Å². The number of ether oxygens (including phenoxy) is 2. The van der Waals surface area contributed by atoms with Crippen LogP contribution in [0.2, 0.25) is 5.02 Å². The van der Waals surface area contributed by atoms with E-state index in [-0.39, 0.29) is 5.91 Å². The first-order valence-electron chi connectivity index (χ1n) is 9.47. The predicted molar refractivity (Wildman–Crippen MR) is 111 cm³/mol. The van der Waals surface area contributed by atoms with E-state index >= 15 is 0 Å². The summed E-state index contributed by atoms with van der Waals surface area (Å²) in [6.07, 6.45) is 0.511. The van der Waals surface area contributed by atoms with Crippen LogP contribution in [0.4, 0.5) is 0 Å². The lowest BCUT2D eigenvalue weighted by molar-refractivity contribution is -0.130. The molecule has 0 atom stereocenters. The Bertz CT molecular complexity index is 841. The highest BCUT2D eigenvalue weighted by atomic mass is 35.5. The van der Waals surface area contributed by atoms with Crippen molar-refractivity contribution < 1.29 is 14.3 Å². The second kappa shape index (κ2) is 9.30. The van der Waals surface area contributed by atoms with Crippen LogP contribution in [-0.4, -0.2) is 49.6 Å². The van der Waals surface area contributed by atoms with Gasteiger partial charge in [-0.1, -0.05) is 47.5 Å². The molecular formula is C22H27ClN2O3. The Morgan fingerprint density at radius 2 is 1.86 bits per heavy atom. The molecule has 0 saturated carbocycles. The molecule has 0 aliphatic carbocycles. The van der Waals surface area contributed by atoms with Gasteiger partial charge in [-0.15, -0.1) is 0 Å². The van der Waals surface area contributed by atoms with Crippen molar-refractivity contribution in [3.63, 3.8) is 0 Å². The average Bonchev–Trinajstić information content (AvgIpc) is 2.85. The van der Waals surface area contributed by atoms with Crippen molar-refractivity contribution in [3.05, 3.63) is 58.1 Å². The summed E-state index contributed by atoms with van der Waals surface area (Å²) in [5.41, 5.74) is 3.35. The van der Waals surface area contributed by atoms with Crippen molar-refractivity contribution in [1.29, 1.82) is 0 Å². The number of benzene rings is 2. The van der Waals surface area contributed by atoms with E-state index in [0.717, 1.165) is 12.1 Å². The first-order valence-corrected chi connectivity index (χ1v) is 9.84. The molecule has 3 rings (SSSR count). The summed E-state index contributed by atoms with van der Waals surface area (Å²) in [5.74, 6) is 1.36. The van der Waals surface area contributed by atoms with Crippen molar-refractivity contribution in [2.24, 2.45) is 0 Å². The van der Waals surface area contributed by atoms with Crippen LogP contribution < -0.4 is 9.47 Å². The molecule has 1 aliphatic heterocycles. The summed E-state index contributed by atoms with van der Waals surface area (Å²) < 4.78 is 10.7. The topological polar surface area (TPSA) is 42.0 Å². The number of nitrogens with zero attached hydrogens (tertiary/aromatic N) is 2. The molecule has 1 aliphatic rings. The number of carbonyl (C=O) groups is 1. The minimum absolute atomic E-state index is 0.197. The maximum Gasteiger partial charge on any atom is 0.224 e. The molecule has 1 saturated heterocycles. The second-order valence-electron chi connectivity index (χ2n) is 7.10. The molecule has 28 heavy (non-hydrogen) atoms. The van der Waals surface area contributed by atoms with Crippen LogP contribution in [0, 0.1) is 6.92 Å². The summed E-state index contributed by atoms with van der Waals surface area (Å²) in [7, 11) is 3.18. The van der Waals surface area contributed by atoms with Gasteiger partial charge in [0.25, 0.3) is 0 Å². The number of hydrogen-bond acceptors (Lipinski definition) is 4. The number of amides is 1. The van der Waals surface area contributed by atoms with Gasteiger partial charge in [0, 0.05) is 39.1 Å². The summed E-state index contributed by atoms with van der Waals surface area (Å²) in [5, 5.41) is 0.564. The third kappa shape index (κ3) is 4.78. The highest BCUT2D eigenvalue weighted by molar-refractivity contribution is 6.33. The minimum atomic E-state index is 0.197. The Kier molecular flexibility index (Phi) is 6.81. The molecule has 0 bridgehead atoms. The van der Waals surface area contributed by atoms with Crippen molar-refractivity contribution in [2.75, 3.05) is 33.9 Å². The zero-order valence-electron chi connectivity index (χ0n) is 16.7. The first-order chi connectivity index (χ1) is 13.5. The van der Waals surface area contributed by atoms with E-state index in [1.165, 1.54) is 11.1 Å². The van der Waals surface area contributed by atoms with Crippen LogP contribution in [0.1, 0.15) is 23.1 Å². The first kappa shape index (κ1) is 20.5. The summed E-state index contributed by atoms with van der Waals surface area (Å²) >= 11 is 6.52. The fourth-order valence-corrected chi connectivity index (χ4v) is 3.85. The van der Waals surface area contributed by atoms with Crippen LogP contribution in [0.25, 0.3) is 0 Å². The van der Waals surface area contributed by atoms with Crippen LogP contribution in [0.5, 0.6) is 11.5 Å². The van der Waals surface area contributed by atoms with E-state index in [9.17, 15) is 4.79 Å². The zero-order chi connectivity index (χ0) is 20.1. The van der Waals surface area contributed by atoms with Gasteiger partial charge in [-0.25, -0.2) is 0 Å². The summed E-state index contributed by atoms with van der Waals surface area (Å²) in [6.45, 7) is 5.63. The molecule has 6 heteroatoms. The van der Waals surface area contributed by atoms with Crippen LogP contribution in [0.3, 0.4) is 0 Å². The minimum Gasteiger partial charge on any atom is -0.493 e. The van der Waals surface area contributed by atoms with E-state index < -0.39 is 0 Å². The number of carbonyl (C=O) groups excluding carboxylic acids is 1. The SMILES string of the molecule is COc1ccc(CN2CCC(=O)N(Cc3cccc(C)c3)CC2)c(Cl)c1OC. The van der Waals surface area contributed by atoms with Gasteiger partial charge in [0.1, 0.15) is 0 Å². The zero-order valence-corrected chi connectivity index (χ0v) is 17.5. The van der Waals surface area contributed by atoms with Crippen LogP contribution in [0.15, 0.2) is 36.4 Å². The van der Waals surface area contributed by atoms with Gasteiger partial charge < -0.3 is 14.4 Å². The maximum absolute atomic E-state index is 12.6. The molecule has 2 aromatic carbocycles. The maximum atomic E-state index is 12.6. The molecule has 1 heterocycles. The Hall–Kier alpha value is -2.24. The normalized spacial score (nSPS) is 15.4. The molecule has 2 aromatic rings. The Morgan fingerprint density at radius 1 is 1.04 bits per heavy atom. The molecule has 0 unspecified atom stereocenters. The van der Waals surface area contributed by atoms with E-state index in [0.29, 0.717) is 49.1 Å². The van der Waals surface area contributed by atoms with Crippen molar-refractivity contribution in [2.45, 2.75) is 26.4 Å². The van der Waals surface area contributed by atoms with Gasteiger partial charge in [-0.05, 0) is 24.1 Å². The third-order valence-corrected chi connectivity index (χ3v) is 5.51. The highest BCUT2D eigenvalue weighted by Crippen LogP contribution is 2.37. The molecule has 5 nitrogen and oxygen atoms in total. The molecule has 1 amide bonds. The van der Waals surface area contributed by atoms with E-state index in [2.05, 4.69) is 30.0 Å². The Labute approximate surface area is 171 Å². The van der Waals surface area contributed by atoms with Gasteiger partial charge in [0.15, 0.2) is 11.5 Å². The second-order valence-corrected chi connectivity index (χ2v) is 7.48. The lowest BCUT2D eigenvalue weighted by Crippen LogP contribution is -2.32. The number of aryl methyl sites for hydroxylation is 1. The molecule has 0 radical (unpaired) electrons. The molecule has 0 aromatic heterocycles. The van der Waals surface area contributed by atoms with Crippen LogP contribution >= 0.6 is 11.6 Å². The average molecular weight is 403 g/mol. The fourth-order valence-electron chi connectivity index (χ4n) is 3.56. The predicted octanol–water partition coefficient (Wildman–Crippen LogP) is 3.90. The van der Waals surface area contributed by atoms with Gasteiger partial charge in [0.05, 0.1) is 19.2 Å². The number of halogens is 1. The number of rotatable bonds is 6. The summed E-state index contributed by atoms with van der Waals surface area (Å²) in [6, 6.07) is 12.2. The van der Waals surface area contributed by atoms with Crippen molar-refractivity contribution in [1.82, 2.24) is 9.80 Å². The smallest absolute Gasteiger partial charge is 0.224 e. The Balaban J connectivity index is 1.67. The van der Waals surface area contributed by atoms with E-state index in [1.807, 2.05) is 23.1 Å². The molecule has 1 fully saturated rings. The molecule has 0 N–H and O–H groups in total. The number of hydrogen-bond donors (Lipinski definition) is 0. The van der Waals surface area contributed by atoms with E-state index in [1.54, 1.807) is 14.2 Å². The standard InChI is InChI=1S/C22H27ClN2O3/c1-16-5-4-6-17(13-16)14-25-12-11-24(10-9-20(25)26)15-18-7-8-19(27-2)22(28-3)21(18)23/h4-8,13H,9-12,14-15H2,1-3H3. The monoisotopic (exact) mass is 402 g/mol. The van der Waals surface area contributed by atoms with Gasteiger partial charge in [-0.3, -0.25) is 9.69 Å². The number of methoxy groups -OCH3 is 2. The quantitative estimate of drug-likeness (QED) is 0.734. The fraction of sp³-hybridized carbons (Fsp3) is 0.409. The largest absolute Gasteiger partial charge is 0.493 e. The summed E-state index contributed by atoms with van der Waals surface area (Å²) in [4.78, 5) is 16.8.